The average Bonchev–Trinajstić information content (AvgIpc) is 3.50. The minimum atomic E-state index is -0.282. The monoisotopic (exact) mass is 557 g/mol. The number of hydrogen-bond donors (Lipinski definition) is 1. The molecule has 214 valence electrons. The second-order valence-corrected chi connectivity index (χ2v) is 10.7. The van der Waals surface area contributed by atoms with Crippen molar-refractivity contribution in [2.24, 2.45) is 5.92 Å². The first kappa shape index (κ1) is 28.9. The molecule has 0 saturated heterocycles. The molecule has 1 atom stereocenters. The Morgan fingerprint density at radius 1 is 0.738 bits per heavy atom. The highest BCUT2D eigenvalue weighted by molar-refractivity contribution is 6.03. The van der Waals surface area contributed by atoms with Crippen LogP contribution < -0.4 is 4.74 Å². The number of rotatable bonds is 13. The highest BCUT2D eigenvalue weighted by Gasteiger charge is 2.23. The Morgan fingerprint density at radius 3 is 2.00 bits per heavy atom. The van der Waals surface area contributed by atoms with Crippen LogP contribution in [0.4, 0.5) is 0 Å². The second-order valence-electron chi connectivity index (χ2n) is 10.7. The number of ether oxygens (including phenoxy) is 2. The van der Waals surface area contributed by atoms with E-state index in [0.29, 0.717) is 24.7 Å². The molecule has 0 bridgehead atoms. The van der Waals surface area contributed by atoms with E-state index in [0.717, 1.165) is 70.5 Å². The van der Waals surface area contributed by atoms with Crippen molar-refractivity contribution in [3.05, 3.63) is 127 Å². The van der Waals surface area contributed by atoms with Gasteiger partial charge in [-0.05, 0) is 52.3 Å². The molecule has 1 aromatic heterocycles. The molecule has 4 aromatic carbocycles. The molecule has 4 nitrogen and oxygen atoms in total. The van der Waals surface area contributed by atoms with Crippen molar-refractivity contribution in [3.8, 4) is 39.3 Å². The zero-order valence-electron chi connectivity index (χ0n) is 24.5. The fourth-order valence-electron chi connectivity index (χ4n) is 5.19. The first-order valence-corrected chi connectivity index (χ1v) is 15.0. The smallest absolute Gasteiger partial charge is 0.340 e. The van der Waals surface area contributed by atoms with Crippen molar-refractivity contribution < 1.29 is 14.3 Å². The van der Waals surface area contributed by atoms with Gasteiger partial charge in [0.2, 0.25) is 0 Å². The lowest BCUT2D eigenvalue weighted by Gasteiger charge is -2.15. The minimum absolute atomic E-state index is 0.282. The van der Waals surface area contributed by atoms with Crippen molar-refractivity contribution in [1.29, 1.82) is 0 Å². The van der Waals surface area contributed by atoms with Crippen LogP contribution in [0.15, 0.2) is 115 Å². The van der Waals surface area contributed by atoms with Crippen LogP contribution in [0.5, 0.6) is 5.75 Å². The van der Waals surface area contributed by atoms with Crippen molar-refractivity contribution in [2.75, 3.05) is 6.61 Å². The van der Waals surface area contributed by atoms with Crippen molar-refractivity contribution in [3.63, 3.8) is 0 Å². The molecule has 4 heteroatoms. The number of unbranched alkanes of at least 4 members (excludes halogenated alkanes) is 1. The van der Waals surface area contributed by atoms with Crippen LogP contribution >= 0.6 is 0 Å². The van der Waals surface area contributed by atoms with Gasteiger partial charge in [0.1, 0.15) is 12.4 Å². The molecule has 1 N–H and O–H groups in total. The Labute approximate surface area is 249 Å². The summed E-state index contributed by atoms with van der Waals surface area (Å²) < 4.78 is 11.9. The summed E-state index contributed by atoms with van der Waals surface area (Å²) in [6.45, 7) is 5.34. The van der Waals surface area contributed by atoms with E-state index in [1.807, 2.05) is 66.9 Å². The number of hydrogen-bond acceptors (Lipinski definition) is 3. The zero-order chi connectivity index (χ0) is 29.1. The van der Waals surface area contributed by atoms with Gasteiger partial charge < -0.3 is 14.5 Å². The van der Waals surface area contributed by atoms with Gasteiger partial charge in [-0.1, -0.05) is 130 Å². The van der Waals surface area contributed by atoms with E-state index in [-0.39, 0.29) is 5.97 Å². The zero-order valence-corrected chi connectivity index (χ0v) is 24.5. The van der Waals surface area contributed by atoms with E-state index in [9.17, 15) is 4.79 Å². The fourth-order valence-corrected chi connectivity index (χ4v) is 5.19. The van der Waals surface area contributed by atoms with Crippen molar-refractivity contribution in [2.45, 2.75) is 46.1 Å². The summed E-state index contributed by atoms with van der Waals surface area (Å²) in [7, 11) is 0. The summed E-state index contributed by atoms with van der Waals surface area (Å²) in [6.07, 6.45) is 6.29. The topological polar surface area (TPSA) is 51.3 Å². The van der Waals surface area contributed by atoms with E-state index in [1.165, 1.54) is 0 Å². The minimum Gasteiger partial charge on any atom is -0.489 e. The molecule has 42 heavy (non-hydrogen) atoms. The van der Waals surface area contributed by atoms with Crippen LogP contribution in [0.25, 0.3) is 33.5 Å². The third-order valence-corrected chi connectivity index (χ3v) is 7.77. The molecular formula is C38H39NO3. The Bertz CT molecular complexity index is 1540. The lowest BCUT2D eigenvalue weighted by atomic mass is 9.98. The molecule has 0 aliphatic heterocycles. The largest absolute Gasteiger partial charge is 0.489 e. The van der Waals surface area contributed by atoms with E-state index in [2.05, 4.69) is 67.4 Å². The van der Waals surface area contributed by atoms with Gasteiger partial charge in [0.05, 0.1) is 17.9 Å². The molecule has 5 aromatic rings. The number of carbonyl (C=O) groups is 1. The van der Waals surface area contributed by atoms with Gasteiger partial charge in [-0.2, -0.15) is 0 Å². The van der Waals surface area contributed by atoms with Crippen molar-refractivity contribution >= 4 is 5.97 Å². The van der Waals surface area contributed by atoms with Gasteiger partial charge in [0.25, 0.3) is 0 Å². The predicted octanol–water partition coefficient (Wildman–Crippen LogP) is 9.97. The lowest BCUT2D eigenvalue weighted by molar-refractivity contribution is 0.0430. The lowest BCUT2D eigenvalue weighted by Crippen LogP contribution is -2.15. The summed E-state index contributed by atoms with van der Waals surface area (Å²) in [4.78, 5) is 17.0. The quantitative estimate of drug-likeness (QED) is 0.147. The van der Waals surface area contributed by atoms with E-state index in [1.54, 1.807) is 0 Å². The van der Waals surface area contributed by atoms with Crippen LogP contribution in [0.1, 0.15) is 55.5 Å². The third kappa shape index (κ3) is 7.19. The number of esters is 1. The molecule has 0 amide bonds. The molecule has 0 fully saturated rings. The van der Waals surface area contributed by atoms with E-state index >= 15 is 0 Å². The fraction of sp³-hybridized carbons (Fsp3) is 0.237. The van der Waals surface area contributed by atoms with Gasteiger partial charge in [-0.3, -0.25) is 0 Å². The van der Waals surface area contributed by atoms with Gasteiger partial charge in [-0.25, -0.2) is 4.79 Å². The first-order chi connectivity index (χ1) is 20.7. The Morgan fingerprint density at radius 2 is 1.36 bits per heavy atom. The molecule has 1 unspecified atom stereocenters. The summed E-state index contributed by atoms with van der Waals surface area (Å²) in [6, 6.07) is 36.6. The number of carbonyl (C=O) groups excluding carboxylic acids is 1. The van der Waals surface area contributed by atoms with Crippen LogP contribution in [0, 0.1) is 5.92 Å². The first-order valence-electron chi connectivity index (χ1n) is 15.0. The number of aromatic amines is 1. The van der Waals surface area contributed by atoms with Crippen molar-refractivity contribution in [1.82, 2.24) is 4.98 Å². The number of H-pyrrole nitrogens is 1. The maximum atomic E-state index is 13.6. The van der Waals surface area contributed by atoms with Crippen LogP contribution in [0.3, 0.4) is 0 Å². The predicted molar refractivity (Wildman–Crippen MR) is 171 cm³/mol. The number of nitrogens with one attached hydrogen (secondary N) is 1. The molecule has 0 saturated carbocycles. The van der Waals surface area contributed by atoms with Crippen LogP contribution in [-0.4, -0.2) is 17.6 Å². The van der Waals surface area contributed by atoms with E-state index < -0.39 is 0 Å². The summed E-state index contributed by atoms with van der Waals surface area (Å²) >= 11 is 0. The molecule has 1 heterocycles. The average molecular weight is 558 g/mol. The molecular weight excluding hydrogens is 518 g/mol. The number of aromatic nitrogens is 1. The highest BCUT2D eigenvalue weighted by atomic mass is 16.5. The van der Waals surface area contributed by atoms with Gasteiger partial charge >= 0.3 is 5.97 Å². The van der Waals surface area contributed by atoms with Crippen LogP contribution in [0.2, 0.25) is 0 Å². The molecule has 5 rings (SSSR count). The van der Waals surface area contributed by atoms with Gasteiger partial charge in [0.15, 0.2) is 0 Å². The van der Waals surface area contributed by atoms with E-state index in [4.69, 9.17) is 9.47 Å². The Balaban J connectivity index is 1.35. The Kier molecular flexibility index (Phi) is 9.90. The molecule has 0 aliphatic carbocycles. The molecule has 0 aliphatic rings. The summed E-state index contributed by atoms with van der Waals surface area (Å²) in [5.41, 5.74) is 7.46. The Hall–Kier alpha value is -4.57. The van der Waals surface area contributed by atoms with Gasteiger partial charge in [-0.15, -0.1) is 0 Å². The molecule has 0 spiro atoms. The normalized spacial score (nSPS) is 11.7. The standard InChI is InChI=1S/C38H39NO3/c1-3-5-12-28(4-2)26-42-38(40)36-35(32-15-10-7-11-16-32)25-39-37(36)33-19-17-30(18-20-33)31-21-23-34(24-22-31)41-27-29-13-8-6-9-14-29/h6-11,13-25,28,39H,3-5,12,26-27H2,1-2H3. The second kappa shape index (κ2) is 14.4. The third-order valence-electron chi connectivity index (χ3n) is 7.77. The molecule has 0 radical (unpaired) electrons. The summed E-state index contributed by atoms with van der Waals surface area (Å²) in [5.74, 6) is 0.934. The highest BCUT2D eigenvalue weighted by Crippen LogP contribution is 2.34. The summed E-state index contributed by atoms with van der Waals surface area (Å²) in [5, 5.41) is 0. The maximum Gasteiger partial charge on any atom is 0.340 e. The number of benzene rings is 4. The van der Waals surface area contributed by atoms with Gasteiger partial charge in [0, 0.05) is 11.8 Å². The van der Waals surface area contributed by atoms with Crippen LogP contribution in [-0.2, 0) is 11.3 Å². The SMILES string of the molecule is CCCCC(CC)COC(=O)c1c(-c2ccccc2)c[nH]c1-c1ccc(-c2ccc(OCc3ccccc3)cc2)cc1. The maximum absolute atomic E-state index is 13.6.